The van der Waals surface area contributed by atoms with Crippen LogP contribution in [0.15, 0.2) is 24.3 Å². The fourth-order valence-electron chi connectivity index (χ4n) is 2.28. The minimum absolute atomic E-state index is 0.113. The molecule has 1 saturated heterocycles. The van der Waals surface area contributed by atoms with Crippen LogP contribution in [0.3, 0.4) is 0 Å². The Kier molecular flexibility index (Phi) is 3.87. The van der Waals surface area contributed by atoms with Gasteiger partial charge in [-0.1, -0.05) is 12.1 Å². The Bertz CT molecular complexity index is 431. The molecule has 4 nitrogen and oxygen atoms in total. The molecule has 0 radical (unpaired) electrons. The first-order chi connectivity index (χ1) is 8.56. The number of aliphatic carboxylic acids is 1. The van der Waals surface area contributed by atoms with Crippen molar-refractivity contribution in [3.05, 3.63) is 29.8 Å². The molecule has 18 heavy (non-hydrogen) atoms. The maximum Gasteiger partial charge on any atom is 0.320 e. The highest BCUT2D eigenvalue weighted by Crippen LogP contribution is 2.28. The van der Waals surface area contributed by atoms with E-state index in [1.54, 1.807) is 0 Å². The van der Waals surface area contributed by atoms with Crippen molar-refractivity contribution in [3.8, 4) is 5.75 Å². The van der Waals surface area contributed by atoms with Crippen LogP contribution >= 0.6 is 0 Å². The number of hydrogen-bond acceptors (Lipinski definition) is 3. The second-order valence-corrected chi connectivity index (χ2v) is 4.93. The molecule has 1 aliphatic heterocycles. The number of benzene rings is 1. The minimum Gasteiger partial charge on any atom is -0.491 e. The van der Waals surface area contributed by atoms with Gasteiger partial charge in [0, 0.05) is 6.04 Å². The molecule has 1 aromatic rings. The summed E-state index contributed by atoms with van der Waals surface area (Å²) in [6, 6.07) is 7.55. The van der Waals surface area contributed by atoms with Crippen LogP contribution in [0.1, 0.15) is 38.3 Å². The molecule has 0 aromatic heterocycles. The van der Waals surface area contributed by atoms with Gasteiger partial charge in [0.25, 0.3) is 0 Å². The summed E-state index contributed by atoms with van der Waals surface area (Å²) in [6.45, 7) is 3.97. The van der Waals surface area contributed by atoms with Crippen LogP contribution in [-0.2, 0) is 4.79 Å². The number of carboxylic acids is 1. The first-order valence-electron chi connectivity index (χ1n) is 6.31. The normalized spacial score (nSPS) is 23.3. The van der Waals surface area contributed by atoms with E-state index in [1.165, 1.54) is 0 Å². The van der Waals surface area contributed by atoms with Crippen molar-refractivity contribution in [2.75, 3.05) is 0 Å². The average Bonchev–Trinajstić information content (AvgIpc) is 2.77. The summed E-state index contributed by atoms with van der Waals surface area (Å²) in [7, 11) is 0. The van der Waals surface area contributed by atoms with E-state index in [2.05, 4.69) is 5.32 Å². The lowest BCUT2D eigenvalue weighted by molar-refractivity contribution is -0.139. The average molecular weight is 249 g/mol. The van der Waals surface area contributed by atoms with Crippen molar-refractivity contribution in [1.29, 1.82) is 0 Å². The van der Waals surface area contributed by atoms with Crippen molar-refractivity contribution in [1.82, 2.24) is 5.32 Å². The van der Waals surface area contributed by atoms with Crippen LogP contribution in [0, 0.1) is 0 Å². The Morgan fingerprint density at radius 1 is 1.44 bits per heavy atom. The minimum atomic E-state index is -0.771. The SMILES string of the molecule is CC(C)Oc1cccc(C2CCC(C(=O)O)N2)c1. The van der Waals surface area contributed by atoms with Gasteiger partial charge in [-0.25, -0.2) is 0 Å². The van der Waals surface area contributed by atoms with E-state index < -0.39 is 12.0 Å². The molecule has 0 spiro atoms. The van der Waals surface area contributed by atoms with Crippen molar-refractivity contribution < 1.29 is 14.6 Å². The quantitative estimate of drug-likeness (QED) is 0.860. The van der Waals surface area contributed by atoms with Gasteiger partial charge in [-0.05, 0) is 44.4 Å². The van der Waals surface area contributed by atoms with Crippen molar-refractivity contribution in [2.45, 2.75) is 44.9 Å². The van der Waals surface area contributed by atoms with Gasteiger partial charge in [-0.3, -0.25) is 10.1 Å². The Morgan fingerprint density at radius 2 is 2.22 bits per heavy atom. The molecule has 0 amide bonds. The zero-order valence-electron chi connectivity index (χ0n) is 10.7. The largest absolute Gasteiger partial charge is 0.491 e. The van der Waals surface area contributed by atoms with Gasteiger partial charge in [-0.15, -0.1) is 0 Å². The third kappa shape index (κ3) is 3.01. The first-order valence-corrected chi connectivity index (χ1v) is 6.31. The van der Waals surface area contributed by atoms with Crippen molar-refractivity contribution in [2.24, 2.45) is 0 Å². The fraction of sp³-hybridized carbons (Fsp3) is 0.500. The molecule has 1 aliphatic rings. The monoisotopic (exact) mass is 249 g/mol. The number of carboxylic acid groups (broad SMARTS) is 1. The molecule has 1 fully saturated rings. The fourth-order valence-corrected chi connectivity index (χ4v) is 2.28. The zero-order valence-corrected chi connectivity index (χ0v) is 10.7. The number of rotatable bonds is 4. The van der Waals surface area contributed by atoms with Crippen LogP contribution in [0.25, 0.3) is 0 Å². The molecule has 2 N–H and O–H groups in total. The topological polar surface area (TPSA) is 58.6 Å². The van der Waals surface area contributed by atoms with Crippen LogP contribution in [0.4, 0.5) is 0 Å². The maximum atomic E-state index is 10.9. The molecule has 1 aromatic carbocycles. The summed E-state index contributed by atoms with van der Waals surface area (Å²) in [5, 5.41) is 12.1. The van der Waals surface area contributed by atoms with Gasteiger partial charge in [0.15, 0.2) is 0 Å². The molecule has 4 heteroatoms. The smallest absolute Gasteiger partial charge is 0.320 e. The molecule has 2 unspecified atom stereocenters. The summed E-state index contributed by atoms with van der Waals surface area (Å²) >= 11 is 0. The third-order valence-corrected chi connectivity index (χ3v) is 3.08. The number of carbonyl (C=O) groups is 1. The van der Waals surface area contributed by atoms with E-state index >= 15 is 0 Å². The van der Waals surface area contributed by atoms with Gasteiger partial charge in [0.2, 0.25) is 0 Å². The van der Waals surface area contributed by atoms with E-state index in [9.17, 15) is 4.79 Å². The summed E-state index contributed by atoms with van der Waals surface area (Å²) in [6.07, 6.45) is 1.67. The summed E-state index contributed by atoms with van der Waals surface area (Å²) in [4.78, 5) is 10.9. The van der Waals surface area contributed by atoms with Gasteiger partial charge < -0.3 is 9.84 Å². The lowest BCUT2D eigenvalue weighted by atomic mass is 10.1. The molecule has 2 atom stereocenters. The number of hydrogen-bond donors (Lipinski definition) is 2. The Morgan fingerprint density at radius 3 is 2.83 bits per heavy atom. The van der Waals surface area contributed by atoms with Gasteiger partial charge in [0.1, 0.15) is 11.8 Å². The van der Waals surface area contributed by atoms with Gasteiger partial charge in [0.05, 0.1) is 6.10 Å². The first kappa shape index (κ1) is 12.9. The van der Waals surface area contributed by atoms with Crippen LogP contribution in [0.2, 0.25) is 0 Å². The summed E-state index contributed by atoms with van der Waals surface area (Å²) in [5.41, 5.74) is 1.09. The predicted molar refractivity (Wildman–Crippen MR) is 68.7 cm³/mol. The Hall–Kier alpha value is -1.55. The molecule has 0 saturated carbocycles. The summed E-state index contributed by atoms with van der Waals surface area (Å²) in [5.74, 6) is 0.0650. The molecule has 1 heterocycles. The lowest BCUT2D eigenvalue weighted by Gasteiger charge is -2.15. The van der Waals surface area contributed by atoms with Crippen molar-refractivity contribution >= 4 is 5.97 Å². The van der Waals surface area contributed by atoms with E-state index in [0.717, 1.165) is 17.7 Å². The van der Waals surface area contributed by atoms with Gasteiger partial charge >= 0.3 is 5.97 Å². The Balaban J connectivity index is 2.07. The highest BCUT2D eigenvalue weighted by molar-refractivity contribution is 5.73. The molecule has 98 valence electrons. The Labute approximate surface area is 107 Å². The standard InChI is InChI=1S/C14H19NO3/c1-9(2)18-11-5-3-4-10(8-11)12-6-7-13(15-12)14(16)17/h3-5,8-9,12-13,15H,6-7H2,1-2H3,(H,16,17). The zero-order chi connectivity index (χ0) is 13.1. The second-order valence-electron chi connectivity index (χ2n) is 4.93. The highest BCUT2D eigenvalue weighted by atomic mass is 16.5. The van der Waals surface area contributed by atoms with Crippen LogP contribution < -0.4 is 10.1 Å². The molecule has 0 bridgehead atoms. The molecular formula is C14H19NO3. The molecule has 0 aliphatic carbocycles. The lowest BCUT2D eigenvalue weighted by Crippen LogP contribution is -2.31. The number of ether oxygens (including phenoxy) is 1. The van der Waals surface area contributed by atoms with E-state index in [-0.39, 0.29) is 12.1 Å². The van der Waals surface area contributed by atoms with Crippen LogP contribution in [0.5, 0.6) is 5.75 Å². The number of nitrogens with one attached hydrogen (secondary N) is 1. The maximum absolute atomic E-state index is 10.9. The van der Waals surface area contributed by atoms with E-state index in [1.807, 2.05) is 38.1 Å². The summed E-state index contributed by atoms with van der Waals surface area (Å²) < 4.78 is 5.64. The van der Waals surface area contributed by atoms with E-state index in [0.29, 0.717) is 6.42 Å². The highest BCUT2D eigenvalue weighted by Gasteiger charge is 2.29. The van der Waals surface area contributed by atoms with E-state index in [4.69, 9.17) is 9.84 Å². The molecule has 2 rings (SSSR count). The van der Waals surface area contributed by atoms with Gasteiger partial charge in [-0.2, -0.15) is 0 Å². The molecular weight excluding hydrogens is 230 g/mol. The van der Waals surface area contributed by atoms with Crippen molar-refractivity contribution in [3.63, 3.8) is 0 Å². The third-order valence-electron chi connectivity index (χ3n) is 3.08. The predicted octanol–water partition coefficient (Wildman–Crippen LogP) is 2.35. The second kappa shape index (κ2) is 5.40. The van der Waals surface area contributed by atoms with Crippen LogP contribution in [-0.4, -0.2) is 23.2 Å².